The van der Waals surface area contributed by atoms with E-state index in [9.17, 15) is 4.79 Å². The molecule has 1 aromatic carbocycles. The highest BCUT2D eigenvalue weighted by atomic mass is 79.9. The topological polar surface area (TPSA) is 70.7 Å². The molecule has 0 fully saturated rings. The van der Waals surface area contributed by atoms with Crippen molar-refractivity contribution in [2.75, 3.05) is 5.32 Å². The Bertz CT molecular complexity index is 870. The van der Waals surface area contributed by atoms with Gasteiger partial charge in [0.15, 0.2) is 10.8 Å². The minimum atomic E-state index is -0.315. The van der Waals surface area contributed by atoms with Gasteiger partial charge in [0.2, 0.25) is 5.91 Å². The first kappa shape index (κ1) is 16.3. The number of rotatable bonds is 4. The number of aromatic nitrogens is 3. The molecule has 2 heterocycles. The summed E-state index contributed by atoms with van der Waals surface area (Å²) in [4.78, 5) is 23.9. The Hall–Kier alpha value is -1.57. The number of thioether (sulfide) groups is 1. The quantitative estimate of drug-likeness (QED) is 0.620. The van der Waals surface area contributed by atoms with Crippen molar-refractivity contribution in [1.29, 1.82) is 0 Å². The van der Waals surface area contributed by atoms with Crippen molar-refractivity contribution in [1.82, 2.24) is 15.0 Å². The molecule has 2 aromatic heterocycles. The third-order valence-corrected chi connectivity index (χ3v) is 4.72. The number of carbonyl (C=O) groups is 1. The summed E-state index contributed by atoms with van der Waals surface area (Å²) >= 11 is 10.6. The molecule has 2 N–H and O–H groups in total. The van der Waals surface area contributed by atoms with E-state index in [2.05, 4.69) is 36.2 Å². The van der Waals surface area contributed by atoms with Gasteiger partial charge in [-0.15, -0.1) is 0 Å². The van der Waals surface area contributed by atoms with Crippen LogP contribution in [0.15, 0.2) is 46.2 Å². The Labute approximate surface area is 150 Å². The minimum absolute atomic E-state index is 0.0976. The van der Waals surface area contributed by atoms with E-state index < -0.39 is 0 Å². The number of amides is 1. The van der Waals surface area contributed by atoms with Crippen molar-refractivity contribution in [2.24, 2.45) is 0 Å². The number of anilines is 1. The van der Waals surface area contributed by atoms with Gasteiger partial charge in [-0.1, -0.05) is 45.4 Å². The van der Waals surface area contributed by atoms with Gasteiger partial charge in [-0.2, -0.15) is 0 Å². The molecule has 1 amide bonds. The molecule has 3 rings (SSSR count). The average molecular weight is 412 g/mol. The Kier molecular flexibility index (Phi) is 4.89. The number of H-pyrrole nitrogens is 1. The Balaban J connectivity index is 1.69. The van der Waals surface area contributed by atoms with E-state index in [1.54, 1.807) is 12.3 Å². The summed E-state index contributed by atoms with van der Waals surface area (Å²) in [6, 6.07) is 9.22. The second-order valence-electron chi connectivity index (χ2n) is 4.83. The standard InChI is InChI=1S/C15H12BrClN4OS/c1-8(14(22)19-11-4-2-3-9(16)5-11)23-15-20-12-6-10(17)7-18-13(12)21-15/h2-8H,1H3,(H,19,22)(H,18,20,21)/t8-/m1/s1. The summed E-state index contributed by atoms with van der Waals surface area (Å²) in [6.07, 6.45) is 1.54. The fourth-order valence-corrected chi connectivity index (χ4v) is 3.31. The molecule has 0 aliphatic heterocycles. The molecule has 3 aromatic rings. The normalized spacial score (nSPS) is 12.3. The molecule has 0 saturated carbocycles. The van der Waals surface area contributed by atoms with Crippen LogP contribution < -0.4 is 5.32 Å². The van der Waals surface area contributed by atoms with Gasteiger partial charge in [-0.05, 0) is 31.2 Å². The monoisotopic (exact) mass is 410 g/mol. The van der Waals surface area contributed by atoms with E-state index in [4.69, 9.17) is 11.6 Å². The molecular weight excluding hydrogens is 400 g/mol. The number of nitrogens with one attached hydrogen (secondary N) is 2. The lowest BCUT2D eigenvalue weighted by atomic mass is 10.3. The molecule has 0 radical (unpaired) electrons. The lowest BCUT2D eigenvalue weighted by molar-refractivity contribution is -0.115. The zero-order valence-electron chi connectivity index (χ0n) is 12.0. The predicted molar refractivity (Wildman–Crippen MR) is 97.0 cm³/mol. The summed E-state index contributed by atoms with van der Waals surface area (Å²) in [5.41, 5.74) is 2.07. The average Bonchev–Trinajstić information content (AvgIpc) is 2.88. The van der Waals surface area contributed by atoms with Crippen LogP contribution in [-0.4, -0.2) is 26.1 Å². The summed E-state index contributed by atoms with van der Waals surface area (Å²) in [7, 11) is 0. The van der Waals surface area contributed by atoms with Gasteiger partial charge in [0, 0.05) is 16.4 Å². The number of halogens is 2. The predicted octanol–water partition coefficient (Wildman–Crippen LogP) is 4.49. The summed E-state index contributed by atoms with van der Waals surface area (Å²) in [5, 5.41) is 3.73. The van der Waals surface area contributed by atoms with Crippen molar-refractivity contribution < 1.29 is 4.79 Å². The third-order valence-electron chi connectivity index (χ3n) is 3.03. The van der Waals surface area contributed by atoms with Crippen LogP contribution in [0.5, 0.6) is 0 Å². The van der Waals surface area contributed by atoms with Crippen LogP contribution in [-0.2, 0) is 4.79 Å². The fraction of sp³-hybridized carbons (Fsp3) is 0.133. The summed E-state index contributed by atoms with van der Waals surface area (Å²) in [5.74, 6) is -0.0976. The van der Waals surface area contributed by atoms with Gasteiger partial charge in [-0.3, -0.25) is 4.79 Å². The van der Waals surface area contributed by atoms with E-state index in [0.29, 0.717) is 15.8 Å². The van der Waals surface area contributed by atoms with Gasteiger partial charge in [0.1, 0.15) is 0 Å². The second-order valence-corrected chi connectivity index (χ2v) is 7.51. The molecule has 5 nitrogen and oxygen atoms in total. The van der Waals surface area contributed by atoms with E-state index in [-0.39, 0.29) is 11.2 Å². The number of nitrogens with zero attached hydrogens (tertiary/aromatic N) is 2. The maximum atomic E-state index is 12.3. The van der Waals surface area contributed by atoms with Crippen LogP contribution in [0.25, 0.3) is 11.2 Å². The van der Waals surface area contributed by atoms with Gasteiger partial charge in [0.25, 0.3) is 0 Å². The van der Waals surface area contributed by atoms with Gasteiger partial charge >= 0.3 is 0 Å². The highest BCUT2D eigenvalue weighted by Gasteiger charge is 2.17. The molecular formula is C15H12BrClN4OS. The van der Waals surface area contributed by atoms with Crippen LogP contribution in [0.2, 0.25) is 5.02 Å². The molecule has 118 valence electrons. The van der Waals surface area contributed by atoms with Crippen LogP contribution in [0.4, 0.5) is 5.69 Å². The smallest absolute Gasteiger partial charge is 0.237 e. The van der Waals surface area contributed by atoms with E-state index in [0.717, 1.165) is 15.7 Å². The first-order valence-electron chi connectivity index (χ1n) is 6.75. The Morgan fingerprint density at radius 3 is 3.04 bits per heavy atom. The Morgan fingerprint density at radius 2 is 2.26 bits per heavy atom. The first-order chi connectivity index (χ1) is 11.0. The van der Waals surface area contributed by atoms with Gasteiger partial charge in [-0.25, -0.2) is 9.97 Å². The summed E-state index contributed by atoms with van der Waals surface area (Å²) < 4.78 is 0.913. The number of aromatic amines is 1. The lowest BCUT2D eigenvalue weighted by Gasteiger charge is -2.10. The number of imidazole rings is 1. The molecule has 1 atom stereocenters. The Morgan fingerprint density at radius 1 is 1.43 bits per heavy atom. The van der Waals surface area contributed by atoms with Crippen molar-refractivity contribution in [3.05, 3.63) is 46.0 Å². The number of benzene rings is 1. The third kappa shape index (κ3) is 4.04. The molecule has 0 aliphatic rings. The van der Waals surface area contributed by atoms with Gasteiger partial charge in [0.05, 0.1) is 15.8 Å². The van der Waals surface area contributed by atoms with Crippen LogP contribution in [0.1, 0.15) is 6.92 Å². The van der Waals surface area contributed by atoms with Crippen LogP contribution in [0.3, 0.4) is 0 Å². The molecule has 0 bridgehead atoms. The van der Waals surface area contributed by atoms with E-state index >= 15 is 0 Å². The second kappa shape index (κ2) is 6.90. The highest BCUT2D eigenvalue weighted by molar-refractivity contribution is 9.10. The molecule has 0 saturated heterocycles. The van der Waals surface area contributed by atoms with E-state index in [1.165, 1.54) is 11.8 Å². The molecule has 0 spiro atoms. The fourth-order valence-electron chi connectivity index (χ4n) is 1.94. The van der Waals surface area contributed by atoms with Gasteiger partial charge < -0.3 is 10.3 Å². The zero-order chi connectivity index (χ0) is 16.4. The number of hydrogen-bond donors (Lipinski definition) is 2. The molecule has 23 heavy (non-hydrogen) atoms. The SMILES string of the molecule is C[C@@H](Sc1nc2ncc(Cl)cc2[nH]1)C(=O)Nc1cccc(Br)c1. The molecule has 0 unspecified atom stereocenters. The summed E-state index contributed by atoms with van der Waals surface area (Å²) in [6.45, 7) is 1.82. The van der Waals surface area contributed by atoms with Crippen molar-refractivity contribution in [3.63, 3.8) is 0 Å². The number of hydrogen-bond acceptors (Lipinski definition) is 4. The van der Waals surface area contributed by atoms with Crippen molar-refractivity contribution in [2.45, 2.75) is 17.3 Å². The largest absolute Gasteiger partial charge is 0.331 e. The number of pyridine rings is 1. The lowest BCUT2D eigenvalue weighted by Crippen LogP contribution is -2.22. The molecule has 0 aliphatic carbocycles. The maximum Gasteiger partial charge on any atom is 0.237 e. The number of fused-ring (bicyclic) bond motifs is 1. The van der Waals surface area contributed by atoms with Crippen LogP contribution >= 0.6 is 39.3 Å². The minimum Gasteiger partial charge on any atom is -0.331 e. The number of carbonyl (C=O) groups excluding carboxylic acids is 1. The zero-order valence-corrected chi connectivity index (χ0v) is 15.2. The van der Waals surface area contributed by atoms with Crippen molar-refractivity contribution >= 4 is 62.1 Å². The van der Waals surface area contributed by atoms with Crippen LogP contribution in [0, 0.1) is 0 Å². The maximum absolute atomic E-state index is 12.3. The molecule has 8 heteroatoms. The van der Waals surface area contributed by atoms with Crippen molar-refractivity contribution in [3.8, 4) is 0 Å². The first-order valence-corrected chi connectivity index (χ1v) is 8.80. The van der Waals surface area contributed by atoms with E-state index in [1.807, 2.05) is 31.2 Å². The highest BCUT2D eigenvalue weighted by Crippen LogP contribution is 2.25.